The second-order valence-corrected chi connectivity index (χ2v) is 14.6. The predicted octanol–water partition coefficient (Wildman–Crippen LogP) is 5.47. The normalized spacial score (nSPS) is 18.2. The van der Waals surface area contributed by atoms with E-state index in [4.69, 9.17) is 15.7 Å². The number of nitrogens with one attached hydrogen (secondary N) is 3. The standard InChI is InChI=1S/C40H38BrN11O3/c41-30-4-2-6-32-37(30)48-33(21-45-32)25(19-42)20-44-26-14-17-51(18-15-26)22-24-7-9-27(10-8-24)46-40-43-16-13-35(49-40)47-31-5-1-3-28-29(31)23-52(39(28)55)34-11-12-36(53)50-38(34)54/h1-10,13,16,19-21,26,34H,11-12,14-15,17-18,22-23,42H2,(H,50,53,54)(H2,43,46,47,49). The number of benzene rings is 3. The van der Waals surface area contributed by atoms with Crippen LogP contribution in [0.25, 0.3) is 16.6 Å². The number of nitrogens with two attached hydrogens (primary N) is 1. The van der Waals surface area contributed by atoms with Gasteiger partial charge in [-0.1, -0.05) is 24.3 Å². The molecule has 55 heavy (non-hydrogen) atoms. The van der Waals surface area contributed by atoms with Gasteiger partial charge in [0.1, 0.15) is 17.4 Å². The molecule has 278 valence electrons. The molecule has 0 radical (unpaired) electrons. The van der Waals surface area contributed by atoms with Crippen LogP contribution in [0.15, 0.2) is 94.8 Å². The Morgan fingerprint density at radius 2 is 1.78 bits per heavy atom. The molecule has 2 saturated heterocycles. The molecule has 5 aromatic rings. The minimum absolute atomic E-state index is 0.204. The van der Waals surface area contributed by atoms with Crippen LogP contribution in [0.5, 0.6) is 0 Å². The first-order chi connectivity index (χ1) is 26.8. The number of hydrogen-bond acceptors (Lipinski definition) is 12. The van der Waals surface area contributed by atoms with E-state index in [-0.39, 0.29) is 30.8 Å². The maximum absolute atomic E-state index is 13.2. The van der Waals surface area contributed by atoms with Crippen molar-refractivity contribution < 1.29 is 14.4 Å². The lowest BCUT2D eigenvalue weighted by Crippen LogP contribution is -2.52. The number of likely N-dealkylation sites (tertiary alicyclic amines) is 1. The number of allylic oxidation sites excluding steroid dienone is 1. The van der Waals surface area contributed by atoms with Crippen molar-refractivity contribution in [2.75, 3.05) is 23.7 Å². The van der Waals surface area contributed by atoms with Gasteiger partial charge in [-0.2, -0.15) is 4.98 Å². The molecular weight excluding hydrogens is 762 g/mol. The molecule has 14 nitrogen and oxygen atoms in total. The highest BCUT2D eigenvalue weighted by molar-refractivity contribution is 9.10. The molecule has 2 aromatic heterocycles. The highest BCUT2D eigenvalue weighted by Gasteiger charge is 2.40. The Kier molecular flexibility index (Phi) is 10.3. The van der Waals surface area contributed by atoms with E-state index >= 15 is 0 Å². The zero-order chi connectivity index (χ0) is 37.9. The van der Waals surface area contributed by atoms with Gasteiger partial charge in [-0.3, -0.25) is 34.6 Å². The highest BCUT2D eigenvalue weighted by Crippen LogP contribution is 2.34. The topological polar surface area (TPSA) is 184 Å². The van der Waals surface area contributed by atoms with Crippen LogP contribution < -0.4 is 21.7 Å². The zero-order valence-electron chi connectivity index (χ0n) is 29.8. The van der Waals surface area contributed by atoms with Crippen molar-refractivity contribution >= 4 is 79.6 Å². The van der Waals surface area contributed by atoms with Gasteiger partial charge in [0.2, 0.25) is 17.8 Å². The molecule has 5 N–H and O–H groups in total. The van der Waals surface area contributed by atoms with Crippen LogP contribution in [0, 0.1) is 0 Å². The molecule has 2 fully saturated rings. The van der Waals surface area contributed by atoms with Crippen molar-refractivity contribution in [3.05, 3.63) is 112 Å². The van der Waals surface area contributed by atoms with E-state index < -0.39 is 11.9 Å². The number of carbonyl (C=O) groups is 3. The summed E-state index contributed by atoms with van der Waals surface area (Å²) in [6.07, 6.45) is 9.15. The van der Waals surface area contributed by atoms with Crippen LogP contribution in [-0.2, 0) is 22.7 Å². The number of piperidine rings is 2. The van der Waals surface area contributed by atoms with Gasteiger partial charge in [-0.05, 0) is 83.2 Å². The van der Waals surface area contributed by atoms with Gasteiger partial charge in [-0.15, -0.1) is 0 Å². The van der Waals surface area contributed by atoms with Crippen molar-refractivity contribution in [1.82, 2.24) is 35.1 Å². The van der Waals surface area contributed by atoms with E-state index in [2.05, 4.69) is 63.9 Å². The van der Waals surface area contributed by atoms with Gasteiger partial charge in [-0.25, -0.2) is 9.97 Å². The lowest BCUT2D eigenvalue weighted by atomic mass is 10.0. The van der Waals surface area contributed by atoms with Gasteiger partial charge in [0.15, 0.2) is 0 Å². The fourth-order valence-electron chi connectivity index (χ4n) is 7.15. The van der Waals surface area contributed by atoms with E-state index in [0.717, 1.165) is 64.8 Å². The van der Waals surface area contributed by atoms with Gasteiger partial charge in [0.05, 0.1) is 23.4 Å². The van der Waals surface area contributed by atoms with Crippen LogP contribution in [-0.4, -0.2) is 78.8 Å². The fourth-order valence-corrected chi connectivity index (χ4v) is 7.60. The average Bonchev–Trinajstić information content (AvgIpc) is 3.53. The van der Waals surface area contributed by atoms with Crippen LogP contribution in [0.2, 0.25) is 0 Å². The van der Waals surface area contributed by atoms with Crippen LogP contribution in [0.4, 0.5) is 23.1 Å². The summed E-state index contributed by atoms with van der Waals surface area (Å²) in [6, 6.07) is 20.8. The smallest absolute Gasteiger partial charge is 0.255 e. The minimum atomic E-state index is -0.681. The maximum Gasteiger partial charge on any atom is 0.255 e. The summed E-state index contributed by atoms with van der Waals surface area (Å²) in [4.78, 5) is 64.6. The van der Waals surface area contributed by atoms with Crippen LogP contribution >= 0.6 is 15.9 Å². The van der Waals surface area contributed by atoms with Crippen molar-refractivity contribution in [2.45, 2.75) is 50.9 Å². The first-order valence-electron chi connectivity index (χ1n) is 18.1. The van der Waals surface area contributed by atoms with E-state index in [1.54, 1.807) is 30.6 Å². The Labute approximate surface area is 325 Å². The second kappa shape index (κ2) is 15.7. The number of amides is 3. The molecule has 3 aliphatic heterocycles. The van der Waals surface area contributed by atoms with Gasteiger partial charge < -0.3 is 21.3 Å². The molecule has 3 aromatic carbocycles. The van der Waals surface area contributed by atoms with Crippen molar-refractivity contribution in [3.8, 4) is 0 Å². The average molecular weight is 801 g/mol. The van der Waals surface area contributed by atoms with E-state index in [1.165, 1.54) is 16.7 Å². The monoisotopic (exact) mass is 799 g/mol. The number of imide groups is 1. The lowest BCUT2D eigenvalue weighted by molar-refractivity contribution is -0.136. The van der Waals surface area contributed by atoms with Gasteiger partial charge in [0.25, 0.3) is 5.91 Å². The third kappa shape index (κ3) is 7.93. The lowest BCUT2D eigenvalue weighted by Gasteiger charge is -2.30. The maximum atomic E-state index is 13.2. The molecule has 0 aliphatic carbocycles. The van der Waals surface area contributed by atoms with Crippen LogP contribution in [0.1, 0.15) is 52.9 Å². The molecule has 8 rings (SSSR count). The Hall–Kier alpha value is -6.06. The van der Waals surface area contributed by atoms with Crippen LogP contribution in [0.3, 0.4) is 0 Å². The number of rotatable bonds is 10. The molecule has 0 bridgehead atoms. The molecule has 3 aliphatic rings. The van der Waals surface area contributed by atoms with Gasteiger partial charge >= 0.3 is 0 Å². The number of nitrogens with zero attached hydrogens (tertiary/aromatic N) is 7. The second-order valence-electron chi connectivity index (χ2n) is 13.7. The van der Waals surface area contributed by atoms with E-state index in [1.807, 2.05) is 42.6 Å². The van der Waals surface area contributed by atoms with Crippen molar-refractivity contribution in [3.63, 3.8) is 0 Å². The SMILES string of the molecule is NC=C(C=NC1CCN(Cc2ccc(Nc3nccc(Nc4cccc5c4CN(C4CCC(=O)NC4=O)C5=O)n3)cc2)CC1)c1cnc2cccc(Br)c2n1. The molecule has 3 amide bonds. The molecule has 0 spiro atoms. The summed E-state index contributed by atoms with van der Waals surface area (Å²) in [5.74, 6) is -0.0132. The number of halogens is 1. The largest absolute Gasteiger partial charge is 0.404 e. The Morgan fingerprint density at radius 1 is 0.964 bits per heavy atom. The highest BCUT2D eigenvalue weighted by atomic mass is 79.9. The van der Waals surface area contributed by atoms with E-state index in [9.17, 15) is 14.4 Å². The number of para-hydroxylation sites is 1. The fraction of sp³-hybridized carbons (Fsp3) is 0.250. The summed E-state index contributed by atoms with van der Waals surface area (Å²) in [5.41, 5.74) is 13.1. The van der Waals surface area contributed by atoms with Crippen molar-refractivity contribution in [1.29, 1.82) is 0 Å². The number of aromatic nitrogens is 4. The summed E-state index contributed by atoms with van der Waals surface area (Å²) in [5, 5.41) is 8.96. The summed E-state index contributed by atoms with van der Waals surface area (Å²) in [7, 11) is 0. The number of anilines is 4. The van der Waals surface area contributed by atoms with E-state index in [0.29, 0.717) is 35.1 Å². The first-order valence-corrected chi connectivity index (χ1v) is 18.9. The molecule has 1 atom stereocenters. The first kappa shape index (κ1) is 35.9. The van der Waals surface area contributed by atoms with Gasteiger partial charge in [0, 0.05) is 83.8 Å². The summed E-state index contributed by atoms with van der Waals surface area (Å²) < 4.78 is 0.885. The Morgan fingerprint density at radius 3 is 2.58 bits per heavy atom. The zero-order valence-corrected chi connectivity index (χ0v) is 31.4. The molecule has 1 unspecified atom stereocenters. The Bertz CT molecular complexity index is 2340. The number of fused-ring (bicyclic) bond motifs is 2. The molecule has 15 heteroatoms. The minimum Gasteiger partial charge on any atom is -0.404 e. The molecular formula is C40H38BrN11O3. The number of aliphatic imine (C=N–C) groups is 1. The molecule has 5 heterocycles. The Balaban J connectivity index is 0.837. The number of hydrogen-bond donors (Lipinski definition) is 4. The summed E-state index contributed by atoms with van der Waals surface area (Å²) in [6.45, 7) is 2.97. The quantitative estimate of drug-likeness (QED) is 0.104. The molecule has 0 saturated carbocycles. The predicted molar refractivity (Wildman–Crippen MR) is 214 cm³/mol. The third-order valence-electron chi connectivity index (χ3n) is 10.1. The number of carbonyl (C=O) groups excluding carboxylic acids is 3. The van der Waals surface area contributed by atoms with Crippen molar-refractivity contribution in [2.24, 2.45) is 10.7 Å². The third-order valence-corrected chi connectivity index (χ3v) is 10.7. The summed E-state index contributed by atoms with van der Waals surface area (Å²) >= 11 is 3.56.